The number of carbonyl (C=O) groups excluding carboxylic acids is 1. The summed E-state index contributed by atoms with van der Waals surface area (Å²) in [6.07, 6.45) is 2.79. The Balaban J connectivity index is 0.00000131. The summed E-state index contributed by atoms with van der Waals surface area (Å²) in [7, 11) is 2.05. The molecule has 27 heavy (non-hydrogen) atoms. The lowest BCUT2D eigenvalue weighted by Gasteiger charge is -2.27. The van der Waals surface area contributed by atoms with Crippen LogP contribution in [-0.2, 0) is 0 Å². The average molecular weight is 414 g/mol. The minimum atomic E-state index is -0.234. The molecule has 2 aromatic rings. The number of benzene rings is 1. The van der Waals surface area contributed by atoms with Gasteiger partial charge in [0.1, 0.15) is 11.6 Å². The molecule has 2 saturated heterocycles. The lowest BCUT2D eigenvalue weighted by atomic mass is 9.89. The lowest BCUT2D eigenvalue weighted by molar-refractivity contribution is 0.0764. The van der Waals surface area contributed by atoms with Gasteiger partial charge in [0.05, 0.1) is 11.8 Å². The molecule has 3 heterocycles. The minimum absolute atomic E-state index is 0. The van der Waals surface area contributed by atoms with Gasteiger partial charge < -0.3 is 10.0 Å². The molecular weight excluding hydrogens is 392 g/mol. The highest BCUT2D eigenvalue weighted by Gasteiger charge is 2.47. The van der Waals surface area contributed by atoms with Gasteiger partial charge in [-0.25, -0.2) is 4.39 Å². The van der Waals surface area contributed by atoms with Crippen molar-refractivity contribution >= 4 is 30.7 Å². The number of carbonyl (C=O) groups is 1. The number of likely N-dealkylation sites (tertiary alicyclic amines) is 2. The predicted octanol–water partition coefficient (Wildman–Crippen LogP) is 3.14. The van der Waals surface area contributed by atoms with E-state index in [2.05, 4.69) is 16.9 Å². The van der Waals surface area contributed by atoms with Crippen LogP contribution in [0.3, 0.4) is 0 Å². The SMILES string of the molecule is CN1C[C@H]2CN(C(=O)c3ccncc3O)C[C@H]2[C@@H]1c1cccc(F)c1.Cl.Cl. The Hall–Kier alpha value is -1.89. The van der Waals surface area contributed by atoms with Crippen molar-refractivity contribution in [2.45, 2.75) is 6.04 Å². The zero-order chi connectivity index (χ0) is 17.6. The number of hydrogen-bond donors (Lipinski definition) is 1. The molecule has 2 fully saturated rings. The fraction of sp³-hybridized carbons (Fsp3) is 0.368. The molecule has 1 aromatic heterocycles. The maximum atomic E-state index is 13.6. The number of rotatable bonds is 2. The maximum absolute atomic E-state index is 13.6. The van der Waals surface area contributed by atoms with Gasteiger partial charge in [-0.05, 0) is 36.7 Å². The van der Waals surface area contributed by atoms with Gasteiger partial charge in [0.25, 0.3) is 5.91 Å². The van der Waals surface area contributed by atoms with Crippen LogP contribution in [0.25, 0.3) is 0 Å². The van der Waals surface area contributed by atoms with E-state index in [1.165, 1.54) is 18.5 Å². The summed E-state index contributed by atoms with van der Waals surface area (Å²) in [6, 6.07) is 8.37. The van der Waals surface area contributed by atoms with Crippen molar-refractivity contribution in [3.8, 4) is 5.75 Å². The second kappa shape index (κ2) is 8.42. The average Bonchev–Trinajstić information content (AvgIpc) is 3.11. The highest BCUT2D eigenvalue weighted by Crippen LogP contribution is 2.44. The first kappa shape index (κ1) is 21.4. The van der Waals surface area contributed by atoms with Gasteiger partial charge in [0.2, 0.25) is 0 Å². The van der Waals surface area contributed by atoms with Crippen molar-refractivity contribution in [3.63, 3.8) is 0 Å². The van der Waals surface area contributed by atoms with Gasteiger partial charge >= 0.3 is 0 Å². The number of halogens is 3. The van der Waals surface area contributed by atoms with E-state index in [9.17, 15) is 14.3 Å². The predicted molar refractivity (Wildman–Crippen MR) is 105 cm³/mol. The van der Waals surface area contributed by atoms with E-state index in [-0.39, 0.29) is 59.8 Å². The van der Waals surface area contributed by atoms with Crippen molar-refractivity contribution in [2.75, 3.05) is 26.7 Å². The zero-order valence-electron chi connectivity index (χ0n) is 14.8. The minimum Gasteiger partial charge on any atom is -0.505 e. The molecule has 8 heteroatoms. The Labute approximate surface area is 170 Å². The van der Waals surface area contributed by atoms with Crippen molar-refractivity contribution < 1.29 is 14.3 Å². The molecule has 5 nitrogen and oxygen atoms in total. The van der Waals surface area contributed by atoms with E-state index < -0.39 is 0 Å². The van der Waals surface area contributed by atoms with Crippen LogP contribution in [0.2, 0.25) is 0 Å². The molecule has 0 unspecified atom stereocenters. The molecule has 1 N–H and O–H groups in total. The number of nitrogens with zero attached hydrogens (tertiary/aromatic N) is 3. The molecule has 0 radical (unpaired) electrons. The summed E-state index contributed by atoms with van der Waals surface area (Å²) in [5.41, 5.74) is 1.24. The molecule has 0 bridgehead atoms. The van der Waals surface area contributed by atoms with E-state index in [4.69, 9.17) is 0 Å². The summed E-state index contributed by atoms with van der Waals surface area (Å²) in [6.45, 7) is 2.14. The highest BCUT2D eigenvalue weighted by atomic mass is 35.5. The standard InChI is InChI=1S/C19H20FN3O2.2ClH/c1-22-9-13-10-23(19(25)15-5-6-21-8-17(15)24)11-16(13)18(22)12-3-2-4-14(20)7-12;;/h2-8,13,16,18,24H,9-11H2,1H3;2*1H/t13-,16+,18-;;/m0../s1. The summed E-state index contributed by atoms with van der Waals surface area (Å²) >= 11 is 0. The number of pyridine rings is 1. The van der Waals surface area contributed by atoms with E-state index in [1.807, 2.05) is 6.07 Å². The Morgan fingerprint density at radius 3 is 2.70 bits per heavy atom. The van der Waals surface area contributed by atoms with Crippen LogP contribution in [0, 0.1) is 17.7 Å². The summed E-state index contributed by atoms with van der Waals surface area (Å²) in [5.74, 6) is 0.117. The zero-order valence-corrected chi connectivity index (χ0v) is 16.4. The van der Waals surface area contributed by atoms with Crippen LogP contribution >= 0.6 is 24.8 Å². The summed E-state index contributed by atoms with van der Waals surface area (Å²) < 4.78 is 13.6. The Morgan fingerprint density at radius 2 is 2.00 bits per heavy atom. The van der Waals surface area contributed by atoms with Crippen LogP contribution in [0.4, 0.5) is 4.39 Å². The molecule has 0 saturated carbocycles. The Morgan fingerprint density at radius 1 is 1.22 bits per heavy atom. The van der Waals surface area contributed by atoms with Gasteiger partial charge in [-0.15, -0.1) is 24.8 Å². The van der Waals surface area contributed by atoms with Crippen molar-refractivity contribution in [3.05, 3.63) is 59.7 Å². The number of amides is 1. The summed E-state index contributed by atoms with van der Waals surface area (Å²) in [4.78, 5) is 20.6. The molecule has 2 aliphatic rings. The lowest BCUT2D eigenvalue weighted by Crippen LogP contribution is -2.33. The number of aromatic hydroxyl groups is 1. The van der Waals surface area contributed by atoms with Crippen molar-refractivity contribution in [2.24, 2.45) is 11.8 Å². The quantitative estimate of drug-likeness (QED) is 0.821. The van der Waals surface area contributed by atoms with Gasteiger partial charge in [-0.2, -0.15) is 0 Å². The topological polar surface area (TPSA) is 56.7 Å². The highest BCUT2D eigenvalue weighted by molar-refractivity contribution is 5.96. The number of hydrogen-bond acceptors (Lipinski definition) is 4. The Bertz CT molecular complexity index is 823. The summed E-state index contributed by atoms with van der Waals surface area (Å²) in [5, 5.41) is 9.89. The fourth-order valence-corrected chi connectivity index (χ4v) is 4.35. The Kier molecular flexibility index (Phi) is 6.68. The second-order valence-corrected chi connectivity index (χ2v) is 6.97. The first-order valence-electron chi connectivity index (χ1n) is 8.42. The van der Waals surface area contributed by atoms with Gasteiger partial charge in [0.15, 0.2) is 0 Å². The molecule has 0 aliphatic carbocycles. The third-order valence-electron chi connectivity index (χ3n) is 5.40. The second-order valence-electron chi connectivity index (χ2n) is 6.97. The van der Waals surface area contributed by atoms with Gasteiger partial charge in [-0.1, -0.05) is 12.1 Å². The third kappa shape index (κ3) is 3.88. The molecule has 0 spiro atoms. The van der Waals surface area contributed by atoms with E-state index in [1.54, 1.807) is 23.1 Å². The maximum Gasteiger partial charge on any atom is 0.257 e. The van der Waals surface area contributed by atoms with Gasteiger partial charge in [0, 0.05) is 37.8 Å². The largest absolute Gasteiger partial charge is 0.505 e. The molecule has 1 aromatic carbocycles. The third-order valence-corrected chi connectivity index (χ3v) is 5.40. The number of fused-ring (bicyclic) bond motifs is 1. The van der Waals surface area contributed by atoms with E-state index in [0.29, 0.717) is 19.0 Å². The fourth-order valence-electron chi connectivity index (χ4n) is 4.35. The van der Waals surface area contributed by atoms with Crippen LogP contribution in [0.5, 0.6) is 5.75 Å². The molecule has 2 aliphatic heterocycles. The first-order valence-corrected chi connectivity index (χ1v) is 8.42. The van der Waals surface area contributed by atoms with E-state index in [0.717, 1.165) is 12.1 Å². The van der Waals surface area contributed by atoms with Crippen LogP contribution < -0.4 is 0 Å². The molecule has 1 amide bonds. The van der Waals surface area contributed by atoms with Crippen LogP contribution in [0.1, 0.15) is 22.0 Å². The van der Waals surface area contributed by atoms with Gasteiger partial charge in [-0.3, -0.25) is 14.7 Å². The van der Waals surface area contributed by atoms with Crippen LogP contribution in [-0.4, -0.2) is 52.5 Å². The molecule has 146 valence electrons. The molecular formula is C19H22Cl2FN3O2. The van der Waals surface area contributed by atoms with E-state index >= 15 is 0 Å². The number of aromatic nitrogens is 1. The normalized spacial score (nSPS) is 24.1. The monoisotopic (exact) mass is 413 g/mol. The van der Waals surface area contributed by atoms with Crippen molar-refractivity contribution in [1.82, 2.24) is 14.8 Å². The smallest absolute Gasteiger partial charge is 0.257 e. The first-order chi connectivity index (χ1) is 12.0. The molecule has 4 rings (SSSR count). The van der Waals surface area contributed by atoms with Crippen molar-refractivity contribution in [1.29, 1.82) is 0 Å². The molecule has 3 atom stereocenters. The van der Waals surface area contributed by atoms with Crippen LogP contribution in [0.15, 0.2) is 42.7 Å².